The monoisotopic (exact) mass is 507 g/mol. The normalized spacial score (nSPS) is 15.8. The molecule has 6 nitrogen and oxygen atoms in total. The molecule has 172 valence electrons. The summed E-state index contributed by atoms with van der Waals surface area (Å²) in [6.45, 7) is 0. The number of rotatable bonds is 5. The van der Waals surface area contributed by atoms with E-state index in [1.54, 1.807) is 29.6 Å². The molecule has 2 heterocycles. The summed E-state index contributed by atoms with van der Waals surface area (Å²) in [5.41, 5.74) is 7.94. The number of hydrogen-bond donors (Lipinski definition) is 1. The molecule has 0 saturated carbocycles. The largest absolute Gasteiger partial charge is 0.466 e. The number of thioether (sulfide) groups is 2. The van der Waals surface area contributed by atoms with Crippen LogP contribution in [-0.4, -0.2) is 30.2 Å². The van der Waals surface area contributed by atoms with Gasteiger partial charge in [-0.1, -0.05) is 24.3 Å². The summed E-state index contributed by atoms with van der Waals surface area (Å²) in [5.74, 6) is -1.31. The van der Waals surface area contributed by atoms with Gasteiger partial charge in [-0.05, 0) is 54.0 Å². The van der Waals surface area contributed by atoms with Crippen molar-refractivity contribution in [2.75, 3.05) is 19.6 Å². The van der Waals surface area contributed by atoms with Crippen LogP contribution in [0.25, 0.3) is 17.5 Å². The Hall–Kier alpha value is -3.19. The lowest BCUT2D eigenvalue weighted by Gasteiger charge is -2.24. The molecular weight excluding hydrogens is 486 g/mol. The zero-order valence-electron chi connectivity index (χ0n) is 18.7. The van der Waals surface area contributed by atoms with Crippen LogP contribution < -0.4 is 20.5 Å². The number of ether oxygens (including phenoxy) is 1. The number of carbonyl (C=O) groups excluding carboxylic acids is 1. The predicted octanol–water partition coefficient (Wildman–Crippen LogP) is 2.95. The van der Waals surface area contributed by atoms with Crippen LogP contribution in [0, 0.1) is 11.3 Å². The number of thiazole rings is 1. The van der Waals surface area contributed by atoms with Crippen LogP contribution in [0.3, 0.4) is 0 Å². The Kier molecular flexibility index (Phi) is 7.03. The number of nitriles is 1. The Morgan fingerprint density at radius 1 is 1.12 bits per heavy atom. The number of nitrogens with two attached hydrogens (primary N) is 1. The van der Waals surface area contributed by atoms with Crippen molar-refractivity contribution in [3.05, 3.63) is 84.8 Å². The minimum absolute atomic E-state index is 0.0303. The van der Waals surface area contributed by atoms with Gasteiger partial charge in [0, 0.05) is 9.79 Å². The topological polar surface area (TPSA) is 98.1 Å². The third kappa shape index (κ3) is 4.20. The first kappa shape index (κ1) is 24.0. The first-order valence-corrected chi connectivity index (χ1v) is 13.4. The molecule has 0 amide bonds. The van der Waals surface area contributed by atoms with Crippen molar-refractivity contribution in [2.24, 2.45) is 5.73 Å². The molecule has 0 fully saturated rings. The Bertz CT molecular complexity index is 1510. The van der Waals surface area contributed by atoms with E-state index in [9.17, 15) is 14.9 Å². The number of methoxy groups -OCH3 is 1. The summed E-state index contributed by atoms with van der Waals surface area (Å²) in [5, 5.41) is 9.99. The number of hydrogen-bond acceptors (Lipinski definition) is 8. The van der Waals surface area contributed by atoms with E-state index in [4.69, 9.17) is 10.5 Å². The molecule has 2 N–H and O–H groups in total. The van der Waals surface area contributed by atoms with Gasteiger partial charge < -0.3 is 10.5 Å². The minimum Gasteiger partial charge on any atom is -0.466 e. The van der Waals surface area contributed by atoms with Crippen molar-refractivity contribution >= 4 is 58.3 Å². The van der Waals surface area contributed by atoms with Crippen molar-refractivity contribution in [1.29, 1.82) is 5.26 Å². The highest BCUT2D eigenvalue weighted by atomic mass is 32.2. The molecule has 0 bridgehead atoms. The maximum absolute atomic E-state index is 13.3. The van der Waals surface area contributed by atoms with Crippen LogP contribution in [0.15, 0.2) is 68.7 Å². The van der Waals surface area contributed by atoms with Crippen LogP contribution in [0.1, 0.15) is 17.0 Å². The highest BCUT2D eigenvalue weighted by Gasteiger charge is 2.36. The van der Waals surface area contributed by atoms with Crippen LogP contribution in [0.2, 0.25) is 0 Å². The van der Waals surface area contributed by atoms with E-state index < -0.39 is 11.9 Å². The van der Waals surface area contributed by atoms with Crippen LogP contribution >= 0.6 is 34.9 Å². The fraction of sp³-hybridized carbons (Fsp3) is 0.160. The molecule has 1 unspecified atom stereocenters. The SMILES string of the molecule is COC(=O)C1=c2s/c(=C/c3ccc(SC)cc3)c(=O)n2C(N)=C(C#N)C1c1ccc(SC)cc1. The minimum atomic E-state index is -0.736. The summed E-state index contributed by atoms with van der Waals surface area (Å²) < 4.78 is 7.13. The van der Waals surface area contributed by atoms with Gasteiger partial charge >= 0.3 is 5.97 Å². The molecule has 0 radical (unpaired) electrons. The number of fused-ring (bicyclic) bond motifs is 1. The van der Waals surface area contributed by atoms with Crippen molar-refractivity contribution in [3.63, 3.8) is 0 Å². The number of nitrogens with zero attached hydrogens (tertiary/aromatic N) is 2. The summed E-state index contributed by atoms with van der Waals surface area (Å²) in [7, 11) is 1.29. The lowest BCUT2D eigenvalue weighted by Crippen LogP contribution is -2.40. The zero-order chi connectivity index (χ0) is 24.4. The number of benzene rings is 2. The van der Waals surface area contributed by atoms with Gasteiger partial charge in [-0.2, -0.15) is 5.26 Å². The Labute approximate surface area is 209 Å². The van der Waals surface area contributed by atoms with Crippen LogP contribution in [0.4, 0.5) is 0 Å². The molecular formula is C25H21N3O3S3. The van der Waals surface area contributed by atoms with Gasteiger partial charge in [-0.25, -0.2) is 4.79 Å². The zero-order valence-corrected chi connectivity index (χ0v) is 21.1. The first-order valence-electron chi connectivity index (χ1n) is 10.2. The molecule has 1 atom stereocenters. The van der Waals surface area contributed by atoms with Gasteiger partial charge in [-0.15, -0.1) is 34.9 Å². The molecule has 0 saturated heterocycles. The molecule has 1 aromatic heterocycles. The van der Waals surface area contributed by atoms with Crippen molar-refractivity contribution in [1.82, 2.24) is 4.57 Å². The Morgan fingerprint density at radius 3 is 2.24 bits per heavy atom. The van der Waals surface area contributed by atoms with E-state index in [1.165, 1.54) is 23.0 Å². The fourth-order valence-electron chi connectivity index (χ4n) is 3.84. The van der Waals surface area contributed by atoms with E-state index in [0.29, 0.717) is 9.20 Å². The average molecular weight is 508 g/mol. The summed E-state index contributed by atoms with van der Waals surface area (Å²) in [6, 6.07) is 17.5. The highest BCUT2D eigenvalue weighted by Crippen LogP contribution is 2.37. The maximum atomic E-state index is 13.3. The van der Waals surface area contributed by atoms with Gasteiger partial charge in [-0.3, -0.25) is 9.36 Å². The molecule has 9 heteroatoms. The second-order valence-corrected chi connectivity index (χ2v) is 10.1. The number of carbonyl (C=O) groups is 1. The second-order valence-electron chi connectivity index (χ2n) is 7.35. The molecule has 1 aliphatic rings. The highest BCUT2D eigenvalue weighted by molar-refractivity contribution is 7.98. The standard InChI is InChI=1S/C25H21N3O3S3/c1-31-25(30)21-20(15-6-10-17(33-3)11-7-15)18(13-26)22(27)28-23(29)19(34-24(21)28)12-14-4-8-16(32-2)9-5-14/h4-12,20H,27H2,1-3H3/b19-12+. The van der Waals surface area contributed by atoms with E-state index in [1.807, 2.05) is 61.0 Å². The quantitative estimate of drug-likeness (QED) is 0.419. The van der Waals surface area contributed by atoms with Crippen LogP contribution in [-0.2, 0) is 9.53 Å². The van der Waals surface area contributed by atoms with Crippen molar-refractivity contribution in [2.45, 2.75) is 15.7 Å². The number of allylic oxidation sites excluding steroid dienone is 1. The molecule has 0 aliphatic carbocycles. The van der Waals surface area contributed by atoms with Gasteiger partial charge in [0.1, 0.15) is 10.5 Å². The molecule has 0 spiro atoms. The summed E-state index contributed by atoms with van der Waals surface area (Å²) in [4.78, 5) is 28.5. The smallest absolute Gasteiger partial charge is 0.337 e. The Balaban J connectivity index is 2.03. The van der Waals surface area contributed by atoms with Gasteiger partial charge in [0.25, 0.3) is 5.56 Å². The fourth-order valence-corrected chi connectivity index (χ4v) is 5.82. The third-order valence-electron chi connectivity index (χ3n) is 5.54. The van der Waals surface area contributed by atoms with E-state index in [2.05, 4.69) is 6.07 Å². The summed E-state index contributed by atoms with van der Waals surface area (Å²) >= 11 is 4.39. The van der Waals surface area contributed by atoms with E-state index in [-0.39, 0.29) is 22.5 Å². The maximum Gasteiger partial charge on any atom is 0.337 e. The second kappa shape index (κ2) is 9.97. The Morgan fingerprint density at radius 2 is 1.71 bits per heavy atom. The molecule has 4 rings (SSSR count). The van der Waals surface area contributed by atoms with E-state index >= 15 is 0 Å². The molecule has 3 aromatic rings. The molecule has 2 aromatic carbocycles. The number of aromatic nitrogens is 1. The average Bonchev–Trinajstić information content (AvgIpc) is 3.19. The number of esters is 1. The molecule has 1 aliphatic heterocycles. The lowest BCUT2D eigenvalue weighted by molar-refractivity contribution is -0.134. The summed E-state index contributed by atoms with van der Waals surface area (Å²) in [6.07, 6.45) is 5.73. The van der Waals surface area contributed by atoms with E-state index in [0.717, 1.165) is 20.9 Å². The predicted molar refractivity (Wildman–Crippen MR) is 139 cm³/mol. The van der Waals surface area contributed by atoms with Gasteiger partial charge in [0.05, 0.1) is 34.8 Å². The third-order valence-corrected chi connectivity index (χ3v) is 8.13. The van der Waals surface area contributed by atoms with Crippen molar-refractivity contribution in [3.8, 4) is 6.07 Å². The van der Waals surface area contributed by atoms with Gasteiger partial charge in [0.15, 0.2) is 0 Å². The molecule has 34 heavy (non-hydrogen) atoms. The lowest BCUT2D eigenvalue weighted by atomic mass is 9.84. The van der Waals surface area contributed by atoms with Crippen molar-refractivity contribution < 1.29 is 9.53 Å². The first-order chi connectivity index (χ1) is 16.4. The van der Waals surface area contributed by atoms with Crippen LogP contribution in [0.5, 0.6) is 0 Å². The van der Waals surface area contributed by atoms with Gasteiger partial charge in [0.2, 0.25) is 0 Å².